The minimum absolute atomic E-state index is 0.0634. The van der Waals surface area contributed by atoms with E-state index in [9.17, 15) is 10.1 Å². The number of benzene rings is 3. The largest absolute Gasteiger partial charge is 0.459 e. The van der Waals surface area contributed by atoms with Gasteiger partial charge in [0.25, 0.3) is 5.69 Å². The van der Waals surface area contributed by atoms with Crippen LogP contribution in [-0.2, 0) is 0 Å². The lowest BCUT2D eigenvalue weighted by molar-refractivity contribution is -0.384. The number of nitrogens with one attached hydrogen (secondary N) is 1. The third-order valence-electron chi connectivity index (χ3n) is 6.62. The molecule has 0 bridgehead atoms. The summed E-state index contributed by atoms with van der Waals surface area (Å²) in [4.78, 5) is 19.1. The van der Waals surface area contributed by atoms with Crippen molar-refractivity contribution in [1.29, 1.82) is 0 Å². The van der Waals surface area contributed by atoms with Gasteiger partial charge in [0.05, 0.1) is 26.7 Å². The molecule has 1 aliphatic rings. The average molecular weight is 620 g/mol. The molecule has 7 nitrogen and oxygen atoms in total. The van der Waals surface area contributed by atoms with Gasteiger partial charge in [-0.15, -0.1) is 0 Å². The van der Waals surface area contributed by atoms with Crippen LogP contribution in [0.1, 0.15) is 23.5 Å². The summed E-state index contributed by atoms with van der Waals surface area (Å²) < 4.78 is 6.41. The highest BCUT2D eigenvalue weighted by molar-refractivity contribution is 7.99. The highest BCUT2D eigenvalue weighted by atomic mass is 35.5. The van der Waals surface area contributed by atoms with Gasteiger partial charge in [-0.05, 0) is 91.1 Å². The second-order valence-electron chi connectivity index (χ2n) is 9.17. The van der Waals surface area contributed by atoms with E-state index < -0.39 is 4.92 Å². The van der Waals surface area contributed by atoms with Crippen LogP contribution in [0.3, 0.4) is 0 Å². The number of nitro groups is 1. The monoisotopic (exact) mass is 618 g/mol. The van der Waals surface area contributed by atoms with Crippen molar-refractivity contribution in [3.8, 4) is 11.3 Å². The Morgan fingerprint density at radius 3 is 2.32 bits per heavy atom. The molecular formula is C30H20Cl2N4O3S2. The molecule has 2 aromatic heterocycles. The fraction of sp³-hybridized carbons (Fsp3) is 0.0667. The number of thiocarbonyl (C=S) groups is 1. The normalized spacial score (nSPS) is 16.5. The summed E-state index contributed by atoms with van der Waals surface area (Å²) >= 11 is 19.7. The molecule has 0 aliphatic carbocycles. The van der Waals surface area contributed by atoms with Crippen molar-refractivity contribution >= 4 is 63.7 Å². The number of anilines is 1. The molecule has 1 saturated heterocycles. The van der Waals surface area contributed by atoms with Gasteiger partial charge in [-0.3, -0.25) is 15.1 Å². The van der Waals surface area contributed by atoms with E-state index in [1.807, 2.05) is 65.6 Å². The van der Waals surface area contributed by atoms with E-state index in [1.54, 1.807) is 30.5 Å². The van der Waals surface area contributed by atoms with Gasteiger partial charge in [-0.2, -0.15) is 0 Å². The Morgan fingerprint density at radius 1 is 0.927 bits per heavy atom. The number of pyridine rings is 1. The van der Waals surface area contributed by atoms with E-state index in [0.717, 1.165) is 26.7 Å². The van der Waals surface area contributed by atoms with Crippen LogP contribution in [-0.4, -0.2) is 15.0 Å². The zero-order valence-electron chi connectivity index (χ0n) is 21.1. The Labute approximate surface area is 255 Å². The number of hydrogen-bond acceptors (Lipinski definition) is 6. The van der Waals surface area contributed by atoms with E-state index in [0.29, 0.717) is 26.7 Å². The Balaban J connectivity index is 1.32. The van der Waals surface area contributed by atoms with E-state index >= 15 is 0 Å². The molecule has 1 N–H and O–H groups in total. The van der Waals surface area contributed by atoms with Gasteiger partial charge in [-0.1, -0.05) is 41.0 Å². The maximum Gasteiger partial charge on any atom is 0.269 e. The van der Waals surface area contributed by atoms with E-state index in [-0.39, 0.29) is 17.8 Å². The van der Waals surface area contributed by atoms with Gasteiger partial charge in [-0.25, -0.2) is 0 Å². The summed E-state index contributed by atoms with van der Waals surface area (Å²) in [6, 6.07) is 28.9. The highest BCUT2D eigenvalue weighted by Crippen LogP contribution is 2.43. The topological polar surface area (TPSA) is 84.4 Å². The molecule has 204 valence electrons. The minimum Gasteiger partial charge on any atom is -0.459 e. The first-order valence-electron chi connectivity index (χ1n) is 12.5. The molecule has 5 aromatic rings. The van der Waals surface area contributed by atoms with Crippen molar-refractivity contribution in [2.24, 2.45) is 0 Å². The molecule has 3 aromatic carbocycles. The summed E-state index contributed by atoms with van der Waals surface area (Å²) in [5, 5.41) is 15.9. The van der Waals surface area contributed by atoms with E-state index in [1.165, 1.54) is 23.9 Å². The molecule has 11 heteroatoms. The van der Waals surface area contributed by atoms with Crippen molar-refractivity contribution in [1.82, 2.24) is 10.3 Å². The first-order chi connectivity index (χ1) is 19.9. The third-order valence-corrected chi connectivity index (χ3v) is 8.69. The van der Waals surface area contributed by atoms with Gasteiger partial charge in [0.15, 0.2) is 5.11 Å². The van der Waals surface area contributed by atoms with Crippen LogP contribution in [0.5, 0.6) is 0 Å². The maximum atomic E-state index is 11.0. The zero-order valence-corrected chi connectivity index (χ0v) is 24.3. The molecular weight excluding hydrogens is 599 g/mol. The van der Waals surface area contributed by atoms with Crippen molar-refractivity contribution in [3.05, 3.63) is 135 Å². The molecule has 1 aliphatic heterocycles. The smallest absolute Gasteiger partial charge is 0.269 e. The molecule has 41 heavy (non-hydrogen) atoms. The number of non-ortho nitro benzene ring substituents is 1. The van der Waals surface area contributed by atoms with Gasteiger partial charge in [0.2, 0.25) is 0 Å². The van der Waals surface area contributed by atoms with Crippen LogP contribution in [0.15, 0.2) is 117 Å². The first-order valence-corrected chi connectivity index (χ1v) is 14.4. The Kier molecular flexibility index (Phi) is 7.68. The maximum absolute atomic E-state index is 11.0. The molecule has 0 unspecified atom stereocenters. The molecule has 2 atom stereocenters. The van der Waals surface area contributed by atoms with E-state index in [4.69, 9.17) is 39.8 Å². The number of rotatable bonds is 7. The van der Waals surface area contributed by atoms with Crippen LogP contribution in [0.4, 0.5) is 11.4 Å². The predicted octanol–water partition coefficient (Wildman–Crippen LogP) is 8.88. The van der Waals surface area contributed by atoms with E-state index in [2.05, 4.69) is 10.3 Å². The van der Waals surface area contributed by atoms with Crippen molar-refractivity contribution in [2.45, 2.75) is 21.9 Å². The third kappa shape index (κ3) is 5.67. The fourth-order valence-corrected chi connectivity index (χ4v) is 6.15. The standard InChI is InChI=1S/C30H20Cl2N4O3S2/c31-23-13-4-18(17-24(23)32)26-14-15-27(39-26)29-28(25-3-1-2-16-33-25)34-30(40)35(29)19-5-9-21(10-6-19)41-22-11-7-20(8-12-22)36(37)38/h1-17,28-29H,(H,34,40)/t28-,29-/m1/s1. The zero-order chi connectivity index (χ0) is 28.5. The van der Waals surface area contributed by atoms with Crippen LogP contribution < -0.4 is 10.2 Å². The number of nitro benzene ring substituents is 1. The number of aromatic nitrogens is 1. The lowest BCUT2D eigenvalue weighted by Gasteiger charge is -2.26. The summed E-state index contributed by atoms with van der Waals surface area (Å²) in [7, 11) is 0. The molecule has 0 spiro atoms. The van der Waals surface area contributed by atoms with Crippen molar-refractivity contribution in [2.75, 3.05) is 4.90 Å². The lowest BCUT2D eigenvalue weighted by atomic mass is 10.0. The second-order valence-corrected chi connectivity index (χ2v) is 11.5. The van der Waals surface area contributed by atoms with Gasteiger partial charge < -0.3 is 14.6 Å². The van der Waals surface area contributed by atoms with Gasteiger partial charge in [0, 0.05) is 39.4 Å². The fourth-order valence-electron chi connectivity index (χ4n) is 4.68. The molecule has 0 radical (unpaired) electrons. The second kappa shape index (κ2) is 11.5. The summed E-state index contributed by atoms with van der Waals surface area (Å²) in [6.45, 7) is 0. The average Bonchev–Trinajstić information content (AvgIpc) is 3.60. The Hall–Kier alpha value is -3.89. The molecule has 0 amide bonds. The number of halogens is 2. The minimum atomic E-state index is -0.405. The van der Waals surface area contributed by atoms with Crippen molar-refractivity contribution < 1.29 is 9.34 Å². The Morgan fingerprint density at radius 2 is 1.66 bits per heavy atom. The molecule has 0 saturated carbocycles. The lowest BCUT2D eigenvalue weighted by Crippen LogP contribution is -2.29. The number of hydrogen-bond donors (Lipinski definition) is 1. The molecule has 1 fully saturated rings. The number of nitrogens with zero attached hydrogens (tertiary/aromatic N) is 3. The Bertz CT molecular complexity index is 1730. The van der Waals surface area contributed by atoms with Gasteiger partial charge in [0.1, 0.15) is 17.6 Å². The summed E-state index contributed by atoms with van der Waals surface area (Å²) in [6.07, 6.45) is 1.76. The van der Waals surface area contributed by atoms with Crippen LogP contribution in [0.2, 0.25) is 10.0 Å². The van der Waals surface area contributed by atoms with Crippen LogP contribution in [0, 0.1) is 10.1 Å². The quantitative estimate of drug-likeness (QED) is 0.110. The SMILES string of the molecule is O=[N+]([O-])c1ccc(Sc2ccc(N3C(=S)N[C@H](c4ccccn4)[C@H]3c3ccc(-c4ccc(Cl)c(Cl)c4)o3)cc2)cc1. The molecule has 6 rings (SSSR count). The first kappa shape index (κ1) is 27.3. The predicted molar refractivity (Wildman–Crippen MR) is 166 cm³/mol. The van der Waals surface area contributed by atoms with Crippen LogP contribution in [0.25, 0.3) is 11.3 Å². The summed E-state index contributed by atoms with van der Waals surface area (Å²) in [5.74, 6) is 1.37. The van der Waals surface area contributed by atoms with Crippen LogP contribution >= 0.6 is 47.2 Å². The highest BCUT2D eigenvalue weighted by Gasteiger charge is 2.42. The van der Waals surface area contributed by atoms with Crippen molar-refractivity contribution in [3.63, 3.8) is 0 Å². The van der Waals surface area contributed by atoms with Gasteiger partial charge >= 0.3 is 0 Å². The molecule has 3 heterocycles. The number of furan rings is 1. The summed E-state index contributed by atoms with van der Waals surface area (Å²) in [5.41, 5.74) is 2.59.